The van der Waals surface area contributed by atoms with Gasteiger partial charge >= 0.3 is 5.97 Å². The van der Waals surface area contributed by atoms with Crippen molar-refractivity contribution in [3.05, 3.63) is 52.6 Å². The molecule has 42 heavy (non-hydrogen) atoms. The predicted octanol–water partition coefficient (Wildman–Crippen LogP) is 6.97. The van der Waals surface area contributed by atoms with Gasteiger partial charge in [0.15, 0.2) is 0 Å². The highest BCUT2D eigenvalue weighted by atomic mass is 35.5. The SMILES string of the molecule is CCn1nc2c(c1C1CCN(CC3CC(N(C)[C@@H](C(=O)O)C(C)C)CC3c3cccc(F)c3)CC1)CCCC2.Cl.Cl.Cl. The Morgan fingerprint density at radius 2 is 1.81 bits per heavy atom. The highest BCUT2D eigenvalue weighted by molar-refractivity contribution is 5.86. The minimum absolute atomic E-state index is 0. The monoisotopic (exact) mass is 646 g/mol. The Balaban J connectivity index is 0.00000205. The van der Waals surface area contributed by atoms with Crippen LogP contribution in [0, 0.1) is 17.7 Å². The summed E-state index contributed by atoms with van der Waals surface area (Å²) in [6, 6.07) is 6.75. The van der Waals surface area contributed by atoms with Crippen LogP contribution in [0.4, 0.5) is 4.39 Å². The standard InChI is InChI=1S/C32H47FN4O2.3ClH/c1-5-37-31(27-11-6-7-12-29(27)34-37)22-13-15-36(16-14-22)20-24-18-26(35(4)30(21(2)3)32(38)39)19-28(24)23-9-8-10-25(33)17-23;;;/h8-10,17,21-22,24,26,28,30H,5-7,11-16,18-20H2,1-4H3,(H,38,39);3*1H/t24?,26?,28?,30-;;;/m1.../s1. The molecule has 2 heterocycles. The summed E-state index contributed by atoms with van der Waals surface area (Å²) in [6.07, 6.45) is 9.01. The lowest BCUT2D eigenvalue weighted by atomic mass is 9.85. The Hall–Kier alpha value is -1.38. The highest BCUT2D eigenvalue weighted by Gasteiger charge is 2.42. The number of hydrogen-bond acceptors (Lipinski definition) is 4. The predicted molar refractivity (Wildman–Crippen MR) is 174 cm³/mol. The summed E-state index contributed by atoms with van der Waals surface area (Å²) in [5.41, 5.74) is 5.47. The van der Waals surface area contributed by atoms with Crippen molar-refractivity contribution in [2.45, 2.75) is 103 Å². The van der Waals surface area contributed by atoms with Crippen molar-refractivity contribution in [1.82, 2.24) is 19.6 Å². The molecule has 0 bridgehead atoms. The van der Waals surface area contributed by atoms with E-state index in [1.807, 2.05) is 27.0 Å². The van der Waals surface area contributed by atoms with Gasteiger partial charge in [0.2, 0.25) is 0 Å². The summed E-state index contributed by atoms with van der Waals surface area (Å²) in [5.74, 6) is 0.284. The molecule has 2 aliphatic carbocycles. The molecule has 2 aromatic rings. The normalized spacial score (nSPS) is 23.5. The van der Waals surface area contributed by atoms with Gasteiger partial charge in [-0.05, 0) is 119 Å². The molecular weight excluding hydrogens is 598 g/mol. The topological polar surface area (TPSA) is 61.6 Å². The van der Waals surface area contributed by atoms with Crippen molar-refractivity contribution in [3.63, 3.8) is 0 Å². The van der Waals surface area contributed by atoms with E-state index in [9.17, 15) is 14.3 Å². The van der Waals surface area contributed by atoms with Crippen LogP contribution < -0.4 is 0 Å². The second-order valence-electron chi connectivity index (χ2n) is 12.6. The fourth-order valence-electron chi connectivity index (χ4n) is 7.98. The Morgan fingerprint density at radius 3 is 2.43 bits per heavy atom. The van der Waals surface area contributed by atoms with Gasteiger partial charge < -0.3 is 10.0 Å². The number of nitrogens with zero attached hydrogens (tertiary/aromatic N) is 4. The van der Waals surface area contributed by atoms with Gasteiger partial charge in [-0.2, -0.15) is 5.10 Å². The fraction of sp³-hybridized carbons (Fsp3) is 0.688. The molecule has 0 radical (unpaired) electrons. The average molecular weight is 648 g/mol. The first-order valence-electron chi connectivity index (χ1n) is 15.3. The van der Waals surface area contributed by atoms with Crippen LogP contribution in [0.5, 0.6) is 0 Å². The maximum atomic E-state index is 14.3. The van der Waals surface area contributed by atoms with E-state index in [-0.39, 0.29) is 60.9 Å². The summed E-state index contributed by atoms with van der Waals surface area (Å²) in [6.45, 7) is 10.3. The Kier molecular flexibility index (Phi) is 14.1. The summed E-state index contributed by atoms with van der Waals surface area (Å²) in [5, 5.41) is 14.9. The molecule has 1 aromatic carbocycles. The Labute approximate surface area is 270 Å². The maximum Gasteiger partial charge on any atom is 0.321 e. The summed E-state index contributed by atoms with van der Waals surface area (Å²) >= 11 is 0. The first kappa shape index (κ1) is 36.8. The molecule has 0 amide bonds. The molecule has 2 fully saturated rings. The number of piperidine rings is 1. The number of aliphatic carboxylic acids is 1. The van der Waals surface area contributed by atoms with Crippen LogP contribution in [0.1, 0.15) is 93.6 Å². The molecule has 1 saturated heterocycles. The third kappa shape index (κ3) is 7.82. The van der Waals surface area contributed by atoms with E-state index in [2.05, 4.69) is 27.5 Å². The van der Waals surface area contributed by atoms with Crippen LogP contribution in [-0.2, 0) is 24.2 Å². The van der Waals surface area contributed by atoms with Crippen molar-refractivity contribution >= 4 is 43.2 Å². The molecule has 3 unspecified atom stereocenters. The number of aromatic nitrogens is 2. The number of rotatable bonds is 9. The second kappa shape index (κ2) is 16.1. The van der Waals surface area contributed by atoms with Crippen molar-refractivity contribution < 1.29 is 14.3 Å². The lowest BCUT2D eigenvalue weighted by Crippen LogP contribution is -2.47. The minimum atomic E-state index is -0.756. The zero-order chi connectivity index (χ0) is 27.7. The number of likely N-dealkylation sites (N-methyl/N-ethyl adjacent to an activating group) is 1. The molecule has 1 aliphatic heterocycles. The number of fused-ring (bicyclic) bond motifs is 1. The first-order chi connectivity index (χ1) is 18.8. The molecule has 1 N–H and O–H groups in total. The van der Waals surface area contributed by atoms with Crippen LogP contribution in [0.25, 0.3) is 0 Å². The molecular formula is C32H50Cl3FN4O2. The Morgan fingerprint density at radius 1 is 1.12 bits per heavy atom. The van der Waals surface area contributed by atoms with E-state index in [1.165, 1.54) is 36.7 Å². The minimum Gasteiger partial charge on any atom is -0.480 e. The average Bonchev–Trinajstić information content (AvgIpc) is 3.50. The van der Waals surface area contributed by atoms with Crippen LogP contribution >= 0.6 is 37.2 Å². The number of carboxylic acids is 1. The molecule has 0 spiro atoms. The molecule has 5 rings (SSSR count). The maximum absolute atomic E-state index is 14.3. The summed E-state index contributed by atoms with van der Waals surface area (Å²) in [4.78, 5) is 16.8. The first-order valence-corrected chi connectivity index (χ1v) is 15.3. The lowest BCUT2D eigenvalue weighted by Gasteiger charge is -2.36. The van der Waals surface area contributed by atoms with Crippen LogP contribution in [0.2, 0.25) is 0 Å². The van der Waals surface area contributed by atoms with Crippen LogP contribution in [0.15, 0.2) is 24.3 Å². The van der Waals surface area contributed by atoms with Gasteiger partial charge in [0.1, 0.15) is 11.9 Å². The molecule has 3 aliphatic rings. The molecule has 1 saturated carbocycles. The van der Waals surface area contributed by atoms with E-state index in [4.69, 9.17) is 5.10 Å². The number of carboxylic acid groups (broad SMARTS) is 1. The molecule has 4 atom stereocenters. The quantitative estimate of drug-likeness (QED) is 0.319. The largest absolute Gasteiger partial charge is 0.480 e. The number of likely N-dealkylation sites (tertiary alicyclic amines) is 1. The number of aryl methyl sites for hydroxylation is 2. The van der Waals surface area contributed by atoms with E-state index in [0.29, 0.717) is 11.8 Å². The zero-order valence-electron chi connectivity index (χ0n) is 25.5. The van der Waals surface area contributed by atoms with Crippen LogP contribution in [0.3, 0.4) is 0 Å². The van der Waals surface area contributed by atoms with Gasteiger partial charge in [0, 0.05) is 30.7 Å². The smallest absolute Gasteiger partial charge is 0.321 e. The van der Waals surface area contributed by atoms with Gasteiger partial charge in [-0.25, -0.2) is 4.39 Å². The van der Waals surface area contributed by atoms with Crippen LogP contribution in [-0.4, -0.2) is 69.4 Å². The van der Waals surface area contributed by atoms with E-state index >= 15 is 0 Å². The van der Waals surface area contributed by atoms with Gasteiger partial charge in [-0.1, -0.05) is 26.0 Å². The number of benzene rings is 1. The zero-order valence-corrected chi connectivity index (χ0v) is 28.0. The van der Waals surface area contributed by atoms with Gasteiger partial charge in [-0.15, -0.1) is 37.2 Å². The van der Waals surface area contributed by atoms with Crippen molar-refractivity contribution in [1.29, 1.82) is 0 Å². The third-order valence-electron chi connectivity index (χ3n) is 9.88. The third-order valence-corrected chi connectivity index (χ3v) is 9.88. The lowest BCUT2D eigenvalue weighted by molar-refractivity contribution is -0.145. The number of hydrogen-bond donors (Lipinski definition) is 1. The summed E-state index contributed by atoms with van der Waals surface area (Å²) < 4.78 is 16.5. The molecule has 10 heteroatoms. The Bertz CT molecular complexity index is 1150. The van der Waals surface area contributed by atoms with Gasteiger partial charge in [0.25, 0.3) is 0 Å². The number of carbonyl (C=O) groups is 1. The van der Waals surface area contributed by atoms with E-state index in [0.717, 1.165) is 63.8 Å². The van der Waals surface area contributed by atoms with E-state index < -0.39 is 12.0 Å². The van der Waals surface area contributed by atoms with Crippen molar-refractivity contribution in [3.8, 4) is 0 Å². The second-order valence-corrected chi connectivity index (χ2v) is 12.6. The fourth-order valence-corrected chi connectivity index (χ4v) is 7.98. The highest BCUT2D eigenvalue weighted by Crippen LogP contribution is 2.44. The molecule has 6 nitrogen and oxygen atoms in total. The van der Waals surface area contributed by atoms with Gasteiger partial charge in [-0.3, -0.25) is 14.4 Å². The summed E-state index contributed by atoms with van der Waals surface area (Å²) in [7, 11) is 1.97. The van der Waals surface area contributed by atoms with Crippen molar-refractivity contribution in [2.24, 2.45) is 11.8 Å². The molecule has 238 valence electrons. The van der Waals surface area contributed by atoms with Gasteiger partial charge in [0.05, 0.1) is 5.69 Å². The van der Waals surface area contributed by atoms with Crippen molar-refractivity contribution in [2.75, 3.05) is 26.7 Å². The van der Waals surface area contributed by atoms with E-state index in [1.54, 1.807) is 11.6 Å². The molecule has 1 aromatic heterocycles. The number of halogens is 4.